The molecular weight excluding hydrogens is 230 g/mol. The predicted octanol–water partition coefficient (Wildman–Crippen LogP) is 1.46. The first-order valence-electron chi connectivity index (χ1n) is 5.83. The summed E-state index contributed by atoms with van der Waals surface area (Å²) >= 11 is 0. The molecule has 0 saturated carbocycles. The molecule has 1 aromatic heterocycles. The summed E-state index contributed by atoms with van der Waals surface area (Å²) in [5, 5.41) is 13.0. The third-order valence-electron chi connectivity index (χ3n) is 2.73. The van der Waals surface area contributed by atoms with Gasteiger partial charge in [0.25, 0.3) is 0 Å². The summed E-state index contributed by atoms with van der Waals surface area (Å²) < 4.78 is 5.03. The van der Waals surface area contributed by atoms with Gasteiger partial charge >= 0.3 is 0 Å². The van der Waals surface area contributed by atoms with Crippen molar-refractivity contribution in [2.24, 2.45) is 0 Å². The van der Waals surface area contributed by atoms with E-state index in [1.54, 1.807) is 19.5 Å². The number of phenols is 1. The van der Waals surface area contributed by atoms with E-state index in [4.69, 9.17) is 4.74 Å². The Kier molecular flexibility index (Phi) is 4.20. The molecule has 5 heteroatoms. The summed E-state index contributed by atoms with van der Waals surface area (Å²) in [5.74, 6) is 0.914. The van der Waals surface area contributed by atoms with Gasteiger partial charge in [-0.2, -0.15) is 0 Å². The Morgan fingerprint density at radius 3 is 3.00 bits per heavy atom. The lowest BCUT2D eigenvalue weighted by atomic mass is 10.2. The molecule has 0 atom stereocenters. The molecular formula is C13H17N3O2. The smallest absolute Gasteiger partial charge is 0.123 e. The highest BCUT2D eigenvalue weighted by Gasteiger charge is 2.02. The standard InChI is InChI=1S/C13H17N3O2/c1-18-12-3-2-10(13(17)6-12)7-14-5-4-11-8-15-9-16-11/h2-3,6,8-9,14,17H,4-5,7H2,1H3,(H,15,16). The summed E-state index contributed by atoms with van der Waals surface area (Å²) in [6, 6.07) is 5.31. The first-order chi connectivity index (χ1) is 8.79. The zero-order valence-electron chi connectivity index (χ0n) is 10.3. The molecule has 0 spiro atoms. The number of H-pyrrole nitrogens is 1. The van der Waals surface area contributed by atoms with Gasteiger partial charge in [0, 0.05) is 43.0 Å². The Morgan fingerprint density at radius 2 is 2.33 bits per heavy atom. The third kappa shape index (κ3) is 3.24. The quantitative estimate of drug-likeness (QED) is 0.676. The molecule has 0 unspecified atom stereocenters. The molecule has 0 fully saturated rings. The molecule has 0 aliphatic heterocycles. The van der Waals surface area contributed by atoms with Gasteiger partial charge in [-0.3, -0.25) is 0 Å². The molecule has 5 nitrogen and oxygen atoms in total. The van der Waals surface area contributed by atoms with Crippen LogP contribution in [0.25, 0.3) is 0 Å². The minimum absolute atomic E-state index is 0.253. The van der Waals surface area contributed by atoms with Crippen LogP contribution in [0.15, 0.2) is 30.7 Å². The maximum atomic E-state index is 9.77. The zero-order valence-corrected chi connectivity index (χ0v) is 10.3. The topological polar surface area (TPSA) is 70.2 Å². The van der Waals surface area contributed by atoms with Crippen molar-refractivity contribution < 1.29 is 9.84 Å². The van der Waals surface area contributed by atoms with Gasteiger partial charge < -0.3 is 20.1 Å². The molecule has 2 aromatic rings. The molecule has 0 saturated heterocycles. The minimum Gasteiger partial charge on any atom is -0.507 e. The first kappa shape index (κ1) is 12.4. The van der Waals surface area contributed by atoms with Crippen molar-refractivity contribution in [1.82, 2.24) is 15.3 Å². The molecule has 1 aromatic carbocycles. The van der Waals surface area contributed by atoms with E-state index in [1.165, 1.54) is 0 Å². The van der Waals surface area contributed by atoms with E-state index in [0.717, 1.165) is 24.2 Å². The second-order valence-corrected chi connectivity index (χ2v) is 4.00. The van der Waals surface area contributed by atoms with Crippen LogP contribution in [0.4, 0.5) is 0 Å². The number of hydrogen-bond donors (Lipinski definition) is 3. The second kappa shape index (κ2) is 6.07. The molecule has 2 rings (SSSR count). The Bertz CT molecular complexity index is 483. The highest BCUT2D eigenvalue weighted by atomic mass is 16.5. The van der Waals surface area contributed by atoms with Gasteiger partial charge in [-0.25, -0.2) is 4.98 Å². The van der Waals surface area contributed by atoms with Crippen LogP contribution in [0.2, 0.25) is 0 Å². The van der Waals surface area contributed by atoms with Crippen molar-refractivity contribution in [2.75, 3.05) is 13.7 Å². The van der Waals surface area contributed by atoms with Crippen LogP contribution in [0, 0.1) is 0 Å². The van der Waals surface area contributed by atoms with E-state index in [9.17, 15) is 5.11 Å². The largest absolute Gasteiger partial charge is 0.507 e. The number of nitrogens with zero attached hydrogens (tertiary/aromatic N) is 1. The summed E-state index contributed by atoms with van der Waals surface area (Å²) in [4.78, 5) is 7.00. The number of benzene rings is 1. The van der Waals surface area contributed by atoms with Crippen molar-refractivity contribution in [3.63, 3.8) is 0 Å². The lowest BCUT2D eigenvalue weighted by molar-refractivity contribution is 0.406. The predicted molar refractivity (Wildman–Crippen MR) is 68.7 cm³/mol. The maximum absolute atomic E-state index is 9.77. The molecule has 0 bridgehead atoms. The monoisotopic (exact) mass is 247 g/mol. The summed E-state index contributed by atoms with van der Waals surface area (Å²) in [7, 11) is 1.58. The number of imidazole rings is 1. The molecule has 1 heterocycles. The number of nitrogens with one attached hydrogen (secondary N) is 2. The highest BCUT2D eigenvalue weighted by Crippen LogP contribution is 2.22. The van der Waals surface area contributed by atoms with Crippen LogP contribution in [0.1, 0.15) is 11.3 Å². The van der Waals surface area contributed by atoms with Crippen LogP contribution in [-0.2, 0) is 13.0 Å². The number of phenolic OH excluding ortho intramolecular Hbond substituents is 1. The molecule has 0 aliphatic rings. The van der Waals surface area contributed by atoms with Crippen molar-refractivity contribution in [2.45, 2.75) is 13.0 Å². The fourth-order valence-electron chi connectivity index (χ4n) is 1.69. The third-order valence-corrected chi connectivity index (χ3v) is 2.73. The van der Waals surface area contributed by atoms with E-state index in [2.05, 4.69) is 15.3 Å². The van der Waals surface area contributed by atoms with Gasteiger partial charge in [-0.15, -0.1) is 0 Å². The van der Waals surface area contributed by atoms with Crippen LogP contribution in [-0.4, -0.2) is 28.7 Å². The number of methoxy groups -OCH3 is 1. The van der Waals surface area contributed by atoms with Crippen LogP contribution < -0.4 is 10.1 Å². The number of hydrogen-bond acceptors (Lipinski definition) is 4. The van der Waals surface area contributed by atoms with Crippen molar-refractivity contribution in [3.05, 3.63) is 42.0 Å². The van der Waals surface area contributed by atoms with Crippen LogP contribution in [0.3, 0.4) is 0 Å². The van der Waals surface area contributed by atoms with Crippen LogP contribution >= 0.6 is 0 Å². The van der Waals surface area contributed by atoms with Gasteiger partial charge in [0.15, 0.2) is 0 Å². The van der Waals surface area contributed by atoms with E-state index >= 15 is 0 Å². The second-order valence-electron chi connectivity index (χ2n) is 4.00. The molecule has 0 aliphatic carbocycles. The summed E-state index contributed by atoms with van der Waals surface area (Å²) in [6.45, 7) is 1.46. The lowest BCUT2D eigenvalue weighted by Gasteiger charge is -2.08. The van der Waals surface area contributed by atoms with E-state index in [-0.39, 0.29) is 5.75 Å². The Labute approximate surface area is 106 Å². The average molecular weight is 247 g/mol. The number of ether oxygens (including phenoxy) is 1. The van der Waals surface area contributed by atoms with E-state index in [0.29, 0.717) is 12.3 Å². The molecule has 96 valence electrons. The summed E-state index contributed by atoms with van der Waals surface area (Å²) in [6.07, 6.45) is 4.37. The molecule has 0 amide bonds. The maximum Gasteiger partial charge on any atom is 0.123 e. The van der Waals surface area contributed by atoms with Crippen molar-refractivity contribution in [3.8, 4) is 11.5 Å². The fourth-order valence-corrected chi connectivity index (χ4v) is 1.69. The van der Waals surface area contributed by atoms with Gasteiger partial charge in [-0.1, -0.05) is 6.07 Å². The Morgan fingerprint density at radius 1 is 1.44 bits per heavy atom. The van der Waals surface area contributed by atoms with Gasteiger partial charge in [-0.05, 0) is 6.07 Å². The molecule has 18 heavy (non-hydrogen) atoms. The van der Waals surface area contributed by atoms with Crippen molar-refractivity contribution >= 4 is 0 Å². The van der Waals surface area contributed by atoms with Gasteiger partial charge in [0.2, 0.25) is 0 Å². The average Bonchev–Trinajstić information content (AvgIpc) is 2.89. The molecule has 0 radical (unpaired) electrons. The first-order valence-corrected chi connectivity index (χ1v) is 5.83. The molecule has 3 N–H and O–H groups in total. The number of aromatic amines is 1. The Balaban J connectivity index is 1.79. The van der Waals surface area contributed by atoms with Crippen LogP contribution in [0.5, 0.6) is 11.5 Å². The zero-order chi connectivity index (χ0) is 12.8. The number of rotatable bonds is 6. The fraction of sp³-hybridized carbons (Fsp3) is 0.308. The lowest BCUT2D eigenvalue weighted by Crippen LogP contribution is -2.16. The minimum atomic E-state index is 0.253. The highest BCUT2D eigenvalue weighted by molar-refractivity contribution is 5.39. The number of aromatic nitrogens is 2. The Hall–Kier alpha value is -2.01. The van der Waals surface area contributed by atoms with Crippen molar-refractivity contribution in [1.29, 1.82) is 0 Å². The van der Waals surface area contributed by atoms with E-state index in [1.807, 2.05) is 18.3 Å². The normalized spacial score (nSPS) is 10.5. The van der Waals surface area contributed by atoms with Gasteiger partial charge in [0.05, 0.1) is 13.4 Å². The SMILES string of the molecule is COc1ccc(CNCCc2cnc[nH]2)c(O)c1. The van der Waals surface area contributed by atoms with Gasteiger partial charge in [0.1, 0.15) is 11.5 Å². The number of aromatic hydroxyl groups is 1. The van der Waals surface area contributed by atoms with E-state index < -0.39 is 0 Å². The summed E-state index contributed by atoms with van der Waals surface area (Å²) in [5.41, 5.74) is 1.96.